The van der Waals surface area contributed by atoms with Gasteiger partial charge >= 0.3 is 6.09 Å². The molecule has 0 atom stereocenters. The maximum atomic E-state index is 11.8. The van der Waals surface area contributed by atoms with Gasteiger partial charge in [0.15, 0.2) is 0 Å². The number of rotatable bonds is 11. The SMILES string of the molecule is CC(C)(C)OC(=O)NC1CCC(COCCOCCOCCN)CC1. The summed E-state index contributed by atoms with van der Waals surface area (Å²) in [6.07, 6.45) is 3.76. The summed E-state index contributed by atoms with van der Waals surface area (Å²) in [6.45, 7) is 9.83. The van der Waals surface area contributed by atoms with Gasteiger partial charge in [0.25, 0.3) is 0 Å². The number of carbonyl (C=O) groups is 1. The highest BCUT2D eigenvalue weighted by atomic mass is 16.6. The summed E-state index contributed by atoms with van der Waals surface area (Å²) in [5.41, 5.74) is 4.87. The Morgan fingerprint density at radius 1 is 0.960 bits per heavy atom. The van der Waals surface area contributed by atoms with Crippen LogP contribution in [0.2, 0.25) is 0 Å². The molecule has 0 radical (unpaired) electrons. The number of alkyl carbamates (subject to hydrolysis) is 1. The van der Waals surface area contributed by atoms with E-state index >= 15 is 0 Å². The molecule has 0 saturated heterocycles. The van der Waals surface area contributed by atoms with Crippen LogP contribution in [0.25, 0.3) is 0 Å². The van der Waals surface area contributed by atoms with E-state index in [4.69, 9.17) is 24.7 Å². The Labute approximate surface area is 151 Å². The van der Waals surface area contributed by atoms with Gasteiger partial charge in [-0.25, -0.2) is 4.79 Å². The van der Waals surface area contributed by atoms with Crippen molar-refractivity contribution in [3.63, 3.8) is 0 Å². The van der Waals surface area contributed by atoms with Crippen molar-refractivity contribution in [1.82, 2.24) is 5.32 Å². The van der Waals surface area contributed by atoms with Crippen LogP contribution in [0.5, 0.6) is 0 Å². The predicted octanol–water partition coefficient (Wildman–Crippen LogP) is 2.08. The summed E-state index contributed by atoms with van der Waals surface area (Å²) in [4.78, 5) is 11.8. The quantitative estimate of drug-likeness (QED) is 0.548. The van der Waals surface area contributed by atoms with E-state index in [2.05, 4.69) is 5.32 Å². The third-order valence-corrected chi connectivity index (χ3v) is 3.93. The van der Waals surface area contributed by atoms with E-state index in [1.807, 2.05) is 20.8 Å². The first-order valence-corrected chi connectivity index (χ1v) is 9.33. The second kappa shape index (κ2) is 12.5. The minimum absolute atomic E-state index is 0.211. The van der Waals surface area contributed by atoms with Gasteiger partial charge in [-0.2, -0.15) is 0 Å². The zero-order valence-electron chi connectivity index (χ0n) is 16.1. The van der Waals surface area contributed by atoms with Crippen molar-refractivity contribution >= 4 is 6.09 Å². The summed E-state index contributed by atoms with van der Waals surface area (Å²) >= 11 is 0. The lowest BCUT2D eigenvalue weighted by Gasteiger charge is -2.30. The van der Waals surface area contributed by atoms with E-state index in [0.717, 1.165) is 32.3 Å². The van der Waals surface area contributed by atoms with E-state index < -0.39 is 5.60 Å². The molecule has 7 heteroatoms. The van der Waals surface area contributed by atoms with E-state index in [9.17, 15) is 4.79 Å². The minimum atomic E-state index is -0.451. The molecule has 0 unspecified atom stereocenters. The number of carbonyl (C=O) groups excluding carboxylic acids is 1. The standard InChI is InChI=1S/C18H36N2O5/c1-18(2,3)25-17(21)20-16-6-4-15(5-7-16)14-24-13-12-23-11-10-22-9-8-19/h15-16H,4-14,19H2,1-3H3,(H,20,21). The average Bonchev–Trinajstić information content (AvgIpc) is 2.53. The molecule has 0 aliphatic heterocycles. The largest absolute Gasteiger partial charge is 0.444 e. The second-order valence-electron chi connectivity index (χ2n) is 7.45. The van der Waals surface area contributed by atoms with Gasteiger partial charge < -0.3 is 30.0 Å². The van der Waals surface area contributed by atoms with E-state index in [0.29, 0.717) is 45.5 Å². The normalized spacial score (nSPS) is 21.1. The fourth-order valence-electron chi connectivity index (χ4n) is 2.72. The third-order valence-electron chi connectivity index (χ3n) is 3.93. The summed E-state index contributed by atoms with van der Waals surface area (Å²) < 4.78 is 21.6. The van der Waals surface area contributed by atoms with Gasteiger partial charge in [0, 0.05) is 19.2 Å². The summed E-state index contributed by atoms with van der Waals surface area (Å²) in [6, 6.07) is 0.211. The first-order chi connectivity index (χ1) is 11.9. The van der Waals surface area contributed by atoms with Crippen LogP contribution in [0.3, 0.4) is 0 Å². The van der Waals surface area contributed by atoms with Gasteiger partial charge in [-0.05, 0) is 52.4 Å². The summed E-state index contributed by atoms with van der Waals surface area (Å²) in [5.74, 6) is 0.560. The lowest BCUT2D eigenvalue weighted by Crippen LogP contribution is -2.41. The zero-order chi connectivity index (χ0) is 18.5. The van der Waals surface area contributed by atoms with Crippen molar-refractivity contribution in [2.24, 2.45) is 11.7 Å². The maximum Gasteiger partial charge on any atom is 0.407 e. The monoisotopic (exact) mass is 360 g/mol. The fourth-order valence-corrected chi connectivity index (χ4v) is 2.72. The zero-order valence-corrected chi connectivity index (χ0v) is 16.1. The molecule has 0 heterocycles. The van der Waals surface area contributed by atoms with Gasteiger partial charge in [-0.15, -0.1) is 0 Å². The van der Waals surface area contributed by atoms with E-state index in [1.54, 1.807) is 0 Å². The van der Waals surface area contributed by atoms with Gasteiger partial charge in [0.1, 0.15) is 5.60 Å². The van der Waals surface area contributed by atoms with Crippen LogP contribution in [0.15, 0.2) is 0 Å². The van der Waals surface area contributed by atoms with Crippen LogP contribution < -0.4 is 11.1 Å². The number of hydrogen-bond donors (Lipinski definition) is 2. The molecule has 0 aromatic rings. The fraction of sp³-hybridized carbons (Fsp3) is 0.944. The number of hydrogen-bond acceptors (Lipinski definition) is 6. The van der Waals surface area contributed by atoms with Crippen molar-refractivity contribution in [3.8, 4) is 0 Å². The number of amides is 1. The van der Waals surface area contributed by atoms with Crippen molar-refractivity contribution in [3.05, 3.63) is 0 Å². The van der Waals surface area contributed by atoms with E-state index in [1.165, 1.54) is 0 Å². The Morgan fingerprint density at radius 3 is 2.08 bits per heavy atom. The molecule has 148 valence electrons. The average molecular weight is 360 g/mol. The molecule has 0 aromatic heterocycles. The lowest BCUT2D eigenvalue weighted by molar-refractivity contribution is 0.00436. The molecule has 0 bridgehead atoms. The Kier molecular flexibility index (Phi) is 11.0. The number of nitrogens with one attached hydrogen (secondary N) is 1. The molecule has 7 nitrogen and oxygen atoms in total. The first-order valence-electron chi connectivity index (χ1n) is 9.33. The van der Waals surface area contributed by atoms with Crippen molar-refractivity contribution in [1.29, 1.82) is 0 Å². The molecule has 1 amide bonds. The van der Waals surface area contributed by atoms with Gasteiger partial charge in [0.05, 0.1) is 33.0 Å². The minimum Gasteiger partial charge on any atom is -0.444 e. The highest BCUT2D eigenvalue weighted by Gasteiger charge is 2.24. The third kappa shape index (κ3) is 12.2. The van der Waals surface area contributed by atoms with Crippen LogP contribution in [0, 0.1) is 5.92 Å². The van der Waals surface area contributed by atoms with Gasteiger partial charge in [-0.1, -0.05) is 0 Å². The van der Waals surface area contributed by atoms with Crippen LogP contribution in [0.4, 0.5) is 4.79 Å². The molecule has 0 aromatic carbocycles. The Bertz CT molecular complexity index is 352. The van der Waals surface area contributed by atoms with Gasteiger partial charge in [-0.3, -0.25) is 0 Å². The Balaban J connectivity index is 1.97. The summed E-state index contributed by atoms with van der Waals surface area (Å²) in [5, 5.41) is 2.96. The number of ether oxygens (including phenoxy) is 4. The van der Waals surface area contributed by atoms with Crippen LogP contribution in [0.1, 0.15) is 46.5 Å². The molecule has 3 N–H and O–H groups in total. The van der Waals surface area contributed by atoms with Crippen molar-refractivity contribution in [2.75, 3.05) is 46.2 Å². The first kappa shape index (κ1) is 22.2. The number of nitrogens with two attached hydrogens (primary N) is 1. The predicted molar refractivity (Wildman–Crippen MR) is 96.6 cm³/mol. The van der Waals surface area contributed by atoms with Gasteiger partial charge in [0.2, 0.25) is 0 Å². The molecule has 0 spiro atoms. The molecule has 1 aliphatic carbocycles. The van der Waals surface area contributed by atoms with E-state index in [-0.39, 0.29) is 12.1 Å². The highest BCUT2D eigenvalue weighted by molar-refractivity contribution is 5.68. The van der Waals surface area contributed by atoms with Crippen LogP contribution in [-0.4, -0.2) is 63.9 Å². The van der Waals surface area contributed by atoms with Crippen molar-refractivity contribution < 1.29 is 23.7 Å². The topological polar surface area (TPSA) is 92.0 Å². The van der Waals surface area contributed by atoms with Crippen LogP contribution in [-0.2, 0) is 18.9 Å². The van der Waals surface area contributed by atoms with Crippen molar-refractivity contribution in [2.45, 2.75) is 58.1 Å². The lowest BCUT2D eigenvalue weighted by atomic mass is 9.86. The van der Waals surface area contributed by atoms with Crippen LogP contribution >= 0.6 is 0 Å². The molecular formula is C18H36N2O5. The smallest absolute Gasteiger partial charge is 0.407 e. The maximum absolute atomic E-state index is 11.8. The molecule has 25 heavy (non-hydrogen) atoms. The molecule has 1 aliphatic rings. The highest BCUT2D eigenvalue weighted by Crippen LogP contribution is 2.24. The summed E-state index contributed by atoms with van der Waals surface area (Å²) in [7, 11) is 0. The Hall–Kier alpha value is -0.890. The molecule has 1 rings (SSSR count). The Morgan fingerprint density at radius 2 is 1.52 bits per heavy atom. The molecule has 1 fully saturated rings. The second-order valence-corrected chi connectivity index (χ2v) is 7.45. The molecule has 1 saturated carbocycles. The molecular weight excluding hydrogens is 324 g/mol.